The molecular weight excluding hydrogens is 538 g/mol. The predicted molar refractivity (Wildman–Crippen MR) is 142 cm³/mol. The second-order valence-corrected chi connectivity index (χ2v) is 11.1. The number of carbonyl (C=O) groups is 1. The van der Waals surface area contributed by atoms with Crippen molar-refractivity contribution in [2.75, 3.05) is 36.5 Å². The van der Waals surface area contributed by atoms with Gasteiger partial charge in [-0.05, 0) is 60.4 Å². The first-order chi connectivity index (χ1) is 18.2. The summed E-state index contributed by atoms with van der Waals surface area (Å²) in [4.78, 5) is 14.3. The van der Waals surface area contributed by atoms with Gasteiger partial charge in [0.2, 0.25) is 10.0 Å². The summed E-state index contributed by atoms with van der Waals surface area (Å²) in [6.07, 6.45) is -3.00. The van der Waals surface area contributed by atoms with Crippen LogP contribution in [0.25, 0.3) is 0 Å². The highest BCUT2D eigenvalue weighted by Crippen LogP contribution is 2.34. The number of halogens is 4. The van der Waals surface area contributed by atoms with Crippen molar-refractivity contribution < 1.29 is 35.9 Å². The van der Waals surface area contributed by atoms with E-state index in [1.165, 1.54) is 30.3 Å². The summed E-state index contributed by atoms with van der Waals surface area (Å²) in [5.41, 5.74) is 0.477. The Hall–Kier alpha value is -3.80. The Bertz CT molecular complexity index is 1440. The van der Waals surface area contributed by atoms with Gasteiger partial charge in [-0.25, -0.2) is 12.8 Å². The van der Waals surface area contributed by atoms with Crippen molar-refractivity contribution in [1.82, 2.24) is 5.32 Å². The molecule has 0 saturated heterocycles. The second-order valence-electron chi connectivity index (χ2n) is 9.31. The van der Waals surface area contributed by atoms with E-state index in [4.69, 9.17) is 0 Å². The highest BCUT2D eigenvalue weighted by atomic mass is 32.2. The number of amides is 1. The number of para-hydroxylation sites is 1. The first-order valence-electron chi connectivity index (χ1n) is 11.9. The lowest BCUT2D eigenvalue weighted by Crippen LogP contribution is -2.29. The number of nitrogens with zero attached hydrogens (tertiary/aromatic N) is 1. The van der Waals surface area contributed by atoms with Crippen molar-refractivity contribution in [2.45, 2.75) is 24.9 Å². The number of phenols is 1. The van der Waals surface area contributed by atoms with Gasteiger partial charge in [0.05, 0.1) is 23.1 Å². The summed E-state index contributed by atoms with van der Waals surface area (Å²) in [6, 6.07) is 13.4. The summed E-state index contributed by atoms with van der Waals surface area (Å²) in [6.45, 7) is 0.0173. The van der Waals surface area contributed by atoms with E-state index < -0.39 is 39.4 Å². The van der Waals surface area contributed by atoms with Crippen LogP contribution in [0.3, 0.4) is 0 Å². The molecule has 0 spiro atoms. The molecule has 0 aromatic heterocycles. The standard InChI is InChI=1S/C27H29F4N3O4S/c1-34(2)24-15-20(27(29,30)31)12-10-17(24)8-9-19(16-32-26(36)21-6-4-5-7-25(21)35)18-11-13-23(22(28)14-18)33-39(3,37)38/h4-7,10-15,19,33,35H,8-9,16H2,1-3H3,(H,32,36). The predicted octanol–water partition coefficient (Wildman–Crippen LogP) is 5.13. The Morgan fingerprint density at radius 3 is 2.33 bits per heavy atom. The van der Waals surface area contributed by atoms with Gasteiger partial charge in [-0.1, -0.05) is 24.3 Å². The van der Waals surface area contributed by atoms with Gasteiger partial charge in [0.25, 0.3) is 5.91 Å². The number of aryl methyl sites for hydroxylation is 1. The van der Waals surface area contributed by atoms with E-state index in [0.717, 1.165) is 24.5 Å². The highest BCUT2D eigenvalue weighted by Gasteiger charge is 2.31. The molecule has 0 radical (unpaired) electrons. The molecule has 210 valence electrons. The topological polar surface area (TPSA) is 98.7 Å². The molecule has 0 aliphatic rings. The number of sulfonamides is 1. The molecule has 3 aromatic rings. The van der Waals surface area contributed by atoms with E-state index in [-0.39, 0.29) is 23.5 Å². The first kappa shape index (κ1) is 29.8. The van der Waals surface area contributed by atoms with Gasteiger partial charge >= 0.3 is 6.18 Å². The van der Waals surface area contributed by atoms with Crippen molar-refractivity contribution in [1.29, 1.82) is 0 Å². The fourth-order valence-corrected chi connectivity index (χ4v) is 4.69. The fraction of sp³-hybridized carbons (Fsp3) is 0.296. The number of alkyl halides is 3. The average molecular weight is 568 g/mol. The molecule has 0 heterocycles. The van der Waals surface area contributed by atoms with Crippen LogP contribution in [0.2, 0.25) is 0 Å². The van der Waals surface area contributed by atoms with E-state index >= 15 is 0 Å². The quantitative estimate of drug-likeness (QED) is 0.295. The zero-order valence-electron chi connectivity index (χ0n) is 21.5. The number of anilines is 2. The minimum Gasteiger partial charge on any atom is -0.507 e. The first-order valence-corrected chi connectivity index (χ1v) is 13.8. The molecule has 12 heteroatoms. The Kier molecular flexibility index (Phi) is 9.10. The van der Waals surface area contributed by atoms with Crippen LogP contribution in [0, 0.1) is 5.82 Å². The highest BCUT2D eigenvalue weighted by molar-refractivity contribution is 7.92. The lowest BCUT2D eigenvalue weighted by molar-refractivity contribution is -0.137. The van der Waals surface area contributed by atoms with Gasteiger partial charge in [0.15, 0.2) is 0 Å². The maximum Gasteiger partial charge on any atom is 0.416 e. The summed E-state index contributed by atoms with van der Waals surface area (Å²) in [5.74, 6) is -2.09. The van der Waals surface area contributed by atoms with Crippen LogP contribution in [0.5, 0.6) is 5.75 Å². The minimum absolute atomic E-state index is 0.0173. The van der Waals surface area contributed by atoms with Gasteiger partial charge in [-0.2, -0.15) is 13.2 Å². The number of hydrogen-bond donors (Lipinski definition) is 3. The summed E-state index contributed by atoms with van der Waals surface area (Å²) >= 11 is 0. The Morgan fingerprint density at radius 1 is 1.05 bits per heavy atom. The van der Waals surface area contributed by atoms with E-state index in [1.54, 1.807) is 31.1 Å². The van der Waals surface area contributed by atoms with Crippen LogP contribution in [0.15, 0.2) is 60.7 Å². The largest absolute Gasteiger partial charge is 0.507 e. The van der Waals surface area contributed by atoms with Crippen LogP contribution in [0.4, 0.5) is 28.9 Å². The van der Waals surface area contributed by atoms with Gasteiger partial charge in [0.1, 0.15) is 11.6 Å². The number of nitrogens with one attached hydrogen (secondary N) is 2. The van der Waals surface area contributed by atoms with Crippen molar-refractivity contribution in [3.63, 3.8) is 0 Å². The second kappa shape index (κ2) is 11.9. The van der Waals surface area contributed by atoms with Crippen LogP contribution in [0.1, 0.15) is 39.4 Å². The smallest absolute Gasteiger partial charge is 0.416 e. The third kappa shape index (κ3) is 8.09. The summed E-state index contributed by atoms with van der Waals surface area (Å²) in [7, 11) is -0.456. The lowest BCUT2D eigenvalue weighted by Gasteiger charge is -2.23. The van der Waals surface area contributed by atoms with E-state index in [9.17, 15) is 35.9 Å². The Morgan fingerprint density at radius 2 is 1.74 bits per heavy atom. The number of aromatic hydroxyl groups is 1. The lowest BCUT2D eigenvalue weighted by atomic mass is 9.91. The molecular formula is C27H29F4N3O4S. The molecule has 3 N–H and O–H groups in total. The monoisotopic (exact) mass is 567 g/mol. The molecule has 1 amide bonds. The van der Waals surface area contributed by atoms with Crippen LogP contribution >= 0.6 is 0 Å². The molecule has 0 bridgehead atoms. The van der Waals surface area contributed by atoms with E-state index in [2.05, 4.69) is 10.0 Å². The number of rotatable bonds is 10. The molecule has 3 aromatic carbocycles. The molecule has 0 saturated carbocycles. The zero-order valence-corrected chi connectivity index (χ0v) is 22.3. The average Bonchev–Trinajstić information content (AvgIpc) is 2.84. The number of phenolic OH excluding ortho intramolecular Hbond substituents is 1. The fourth-order valence-electron chi connectivity index (χ4n) is 4.13. The minimum atomic E-state index is -4.50. The molecule has 39 heavy (non-hydrogen) atoms. The molecule has 1 atom stereocenters. The molecule has 0 aliphatic carbocycles. The summed E-state index contributed by atoms with van der Waals surface area (Å²) < 4.78 is 79.7. The van der Waals surface area contributed by atoms with Crippen molar-refractivity contribution in [3.05, 3.63) is 88.7 Å². The number of carbonyl (C=O) groups excluding carboxylic acids is 1. The van der Waals surface area contributed by atoms with Gasteiger partial charge < -0.3 is 15.3 Å². The Labute approximate surface area is 224 Å². The van der Waals surface area contributed by atoms with Gasteiger partial charge in [0, 0.05) is 32.2 Å². The molecule has 3 rings (SSSR count). The zero-order chi connectivity index (χ0) is 29.0. The number of hydrogen-bond acceptors (Lipinski definition) is 5. The maximum atomic E-state index is 14.8. The third-order valence-electron chi connectivity index (χ3n) is 6.07. The molecule has 7 nitrogen and oxygen atoms in total. The van der Waals surface area contributed by atoms with Crippen molar-refractivity contribution >= 4 is 27.3 Å². The SMILES string of the molecule is CN(C)c1cc(C(F)(F)F)ccc1CCC(CNC(=O)c1ccccc1O)c1ccc(NS(C)(=O)=O)c(F)c1. The summed E-state index contributed by atoms with van der Waals surface area (Å²) in [5, 5.41) is 12.7. The van der Waals surface area contributed by atoms with Crippen molar-refractivity contribution in [3.8, 4) is 5.75 Å². The van der Waals surface area contributed by atoms with E-state index in [0.29, 0.717) is 29.7 Å². The normalized spacial score (nSPS) is 12.6. The van der Waals surface area contributed by atoms with E-state index in [1.807, 2.05) is 0 Å². The van der Waals surface area contributed by atoms with Crippen LogP contribution < -0.4 is 14.9 Å². The number of benzene rings is 3. The molecule has 0 aliphatic heterocycles. The van der Waals surface area contributed by atoms with Gasteiger partial charge in [-0.15, -0.1) is 0 Å². The van der Waals surface area contributed by atoms with Crippen molar-refractivity contribution in [2.24, 2.45) is 0 Å². The molecule has 1 unspecified atom stereocenters. The van der Waals surface area contributed by atoms with Crippen LogP contribution in [-0.4, -0.2) is 46.3 Å². The van der Waals surface area contributed by atoms with Crippen LogP contribution in [-0.2, 0) is 22.6 Å². The molecule has 0 fully saturated rings. The maximum absolute atomic E-state index is 14.8. The van der Waals surface area contributed by atoms with Gasteiger partial charge in [-0.3, -0.25) is 9.52 Å². The Balaban J connectivity index is 1.89. The third-order valence-corrected chi connectivity index (χ3v) is 6.66.